The van der Waals surface area contributed by atoms with E-state index in [1.165, 1.54) is 0 Å². The number of rotatable bonds is 2. The summed E-state index contributed by atoms with van der Waals surface area (Å²) < 4.78 is 0.994. The zero-order valence-electron chi connectivity index (χ0n) is 9.42. The molecule has 1 aromatic carbocycles. The fourth-order valence-electron chi connectivity index (χ4n) is 1.97. The third-order valence-electron chi connectivity index (χ3n) is 2.77. The first-order chi connectivity index (χ1) is 8.11. The summed E-state index contributed by atoms with van der Waals surface area (Å²) in [6, 6.07) is 7.76. The molecule has 1 fully saturated rings. The van der Waals surface area contributed by atoms with E-state index in [9.17, 15) is 9.59 Å². The largest absolute Gasteiger partial charge is 0.292 e. The highest BCUT2D eigenvalue weighted by Crippen LogP contribution is 2.27. The van der Waals surface area contributed by atoms with Gasteiger partial charge in [0.25, 0.3) is 5.91 Å². The van der Waals surface area contributed by atoms with Crippen LogP contribution in [0.15, 0.2) is 34.3 Å². The van der Waals surface area contributed by atoms with Crippen LogP contribution in [0.3, 0.4) is 0 Å². The highest BCUT2D eigenvalue weighted by molar-refractivity contribution is 9.10. The van der Waals surface area contributed by atoms with Crippen LogP contribution in [0.5, 0.6) is 0 Å². The van der Waals surface area contributed by atoms with Crippen LogP contribution in [0, 0.1) is 0 Å². The van der Waals surface area contributed by atoms with E-state index in [1.54, 1.807) is 0 Å². The third kappa shape index (κ3) is 2.47. The molecule has 1 aliphatic rings. The van der Waals surface area contributed by atoms with E-state index in [0.29, 0.717) is 5.57 Å². The monoisotopic (exact) mass is 293 g/mol. The first-order valence-corrected chi connectivity index (χ1v) is 6.23. The second-order valence-electron chi connectivity index (χ2n) is 3.87. The second kappa shape index (κ2) is 4.84. The molecule has 1 aromatic rings. The van der Waals surface area contributed by atoms with Gasteiger partial charge in [0.1, 0.15) is 0 Å². The van der Waals surface area contributed by atoms with Crippen molar-refractivity contribution in [2.24, 2.45) is 0 Å². The maximum absolute atomic E-state index is 11.6. The number of allylic oxidation sites excluding steroid dienone is 1. The maximum atomic E-state index is 11.6. The van der Waals surface area contributed by atoms with Crippen molar-refractivity contribution in [1.82, 2.24) is 5.32 Å². The number of benzene rings is 1. The van der Waals surface area contributed by atoms with Crippen LogP contribution in [-0.4, -0.2) is 11.8 Å². The smallest absolute Gasteiger partial charge is 0.254 e. The zero-order valence-corrected chi connectivity index (χ0v) is 11.0. The van der Waals surface area contributed by atoms with Crippen molar-refractivity contribution in [3.8, 4) is 0 Å². The van der Waals surface area contributed by atoms with Gasteiger partial charge in [-0.05, 0) is 29.7 Å². The highest BCUT2D eigenvalue weighted by atomic mass is 79.9. The number of nitrogens with one attached hydrogen (secondary N) is 1. The predicted octanol–water partition coefficient (Wildman–Crippen LogP) is 2.66. The summed E-state index contributed by atoms with van der Waals surface area (Å²) in [5, 5.41) is 2.32. The lowest BCUT2D eigenvalue weighted by atomic mass is 9.97. The molecule has 2 rings (SSSR count). The molecular weight excluding hydrogens is 282 g/mol. The van der Waals surface area contributed by atoms with E-state index in [0.717, 1.165) is 22.0 Å². The number of hydrogen-bond acceptors (Lipinski definition) is 2. The van der Waals surface area contributed by atoms with Gasteiger partial charge in [-0.2, -0.15) is 0 Å². The number of halogens is 1. The minimum absolute atomic E-state index is 0.193. The molecule has 0 aliphatic carbocycles. The fraction of sp³-hybridized carbons (Fsp3) is 0.231. The average molecular weight is 294 g/mol. The number of amides is 2. The molecular formula is C13H12BrNO2. The average Bonchev–Trinajstić information content (AvgIpc) is 2.62. The Balaban J connectivity index is 2.46. The molecule has 88 valence electrons. The number of carbonyl (C=O) groups is 2. The Bertz CT molecular complexity index is 503. The molecule has 0 aromatic heterocycles. The minimum atomic E-state index is -0.255. The molecule has 0 bridgehead atoms. The molecule has 1 heterocycles. The fourth-order valence-corrected chi connectivity index (χ4v) is 2.24. The summed E-state index contributed by atoms with van der Waals surface area (Å²) in [6.07, 6.45) is 0.926. The minimum Gasteiger partial charge on any atom is -0.292 e. The summed E-state index contributed by atoms with van der Waals surface area (Å²) in [5.74, 6) is -0.470. The molecule has 1 N–H and O–H groups in total. The van der Waals surface area contributed by atoms with Crippen molar-refractivity contribution >= 4 is 33.3 Å². The van der Waals surface area contributed by atoms with E-state index in [-0.39, 0.29) is 18.2 Å². The molecule has 1 aliphatic heterocycles. The van der Waals surface area contributed by atoms with Crippen LogP contribution < -0.4 is 5.32 Å². The van der Waals surface area contributed by atoms with Gasteiger partial charge in [0, 0.05) is 10.0 Å². The summed E-state index contributed by atoms with van der Waals surface area (Å²) in [4.78, 5) is 22.8. The Kier molecular flexibility index (Phi) is 3.43. The topological polar surface area (TPSA) is 46.2 Å². The van der Waals surface area contributed by atoms with Crippen LogP contribution in [0.4, 0.5) is 0 Å². The van der Waals surface area contributed by atoms with Gasteiger partial charge in [-0.1, -0.05) is 35.0 Å². The van der Waals surface area contributed by atoms with Crippen LogP contribution in [-0.2, 0) is 9.59 Å². The van der Waals surface area contributed by atoms with E-state index in [2.05, 4.69) is 21.2 Å². The quantitative estimate of drug-likeness (QED) is 0.673. The molecule has 0 radical (unpaired) electrons. The van der Waals surface area contributed by atoms with Gasteiger partial charge >= 0.3 is 0 Å². The molecule has 0 unspecified atom stereocenters. The Hall–Kier alpha value is -1.42. The first kappa shape index (κ1) is 12.0. The SMILES string of the molecule is CC/C(=C1\CC(=O)NC1=O)c1ccc(Br)cc1. The summed E-state index contributed by atoms with van der Waals surface area (Å²) in [6.45, 7) is 1.99. The molecule has 0 spiro atoms. The Labute approximate surface area is 108 Å². The highest BCUT2D eigenvalue weighted by Gasteiger charge is 2.26. The van der Waals surface area contributed by atoms with Crippen molar-refractivity contribution in [2.45, 2.75) is 19.8 Å². The molecule has 0 atom stereocenters. The maximum Gasteiger partial charge on any atom is 0.254 e. The lowest BCUT2D eigenvalue weighted by Gasteiger charge is -2.07. The van der Waals surface area contributed by atoms with Gasteiger partial charge in [0.15, 0.2) is 0 Å². The molecule has 4 heteroatoms. The summed E-state index contributed by atoms with van der Waals surface area (Å²) in [7, 11) is 0. The Morgan fingerprint density at radius 2 is 1.94 bits per heavy atom. The van der Waals surface area contributed by atoms with Crippen LogP contribution in [0.2, 0.25) is 0 Å². The van der Waals surface area contributed by atoms with Crippen molar-refractivity contribution in [2.75, 3.05) is 0 Å². The van der Waals surface area contributed by atoms with Gasteiger partial charge in [-0.3, -0.25) is 14.9 Å². The number of hydrogen-bond donors (Lipinski definition) is 1. The molecule has 0 saturated carbocycles. The van der Waals surface area contributed by atoms with Crippen molar-refractivity contribution < 1.29 is 9.59 Å². The van der Waals surface area contributed by atoms with E-state index in [4.69, 9.17) is 0 Å². The van der Waals surface area contributed by atoms with E-state index in [1.807, 2.05) is 31.2 Å². The molecule has 1 saturated heterocycles. The first-order valence-electron chi connectivity index (χ1n) is 5.44. The Morgan fingerprint density at radius 3 is 2.41 bits per heavy atom. The zero-order chi connectivity index (χ0) is 12.4. The standard InChI is InChI=1S/C13H12BrNO2/c1-2-10(8-3-5-9(14)6-4-8)11-7-12(16)15-13(11)17/h3-6H,2,7H2,1H3,(H,15,16,17)/b11-10-. The normalized spacial score (nSPS) is 18.2. The van der Waals surface area contributed by atoms with E-state index >= 15 is 0 Å². The van der Waals surface area contributed by atoms with Crippen LogP contribution in [0.25, 0.3) is 5.57 Å². The number of imide groups is 1. The lowest BCUT2D eigenvalue weighted by molar-refractivity contribution is -0.124. The lowest BCUT2D eigenvalue weighted by Crippen LogP contribution is -2.19. The van der Waals surface area contributed by atoms with Crippen molar-refractivity contribution in [3.05, 3.63) is 39.9 Å². The van der Waals surface area contributed by atoms with Gasteiger partial charge < -0.3 is 0 Å². The summed E-state index contributed by atoms with van der Waals surface area (Å²) in [5.41, 5.74) is 2.54. The van der Waals surface area contributed by atoms with E-state index < -0.39 is 0 Å². The van der Waals surface area contributed by atoms with Gasteiger partial charge in [0.2, 0.25) is 5.91 Å². The predicted molar refractivity (Wildman–Crippen MR) is 69.1 cm³/mol. The van der Waals surface area contributed by atoms with Gasteiger partial charge in [0.05, 0.1) is 6.42 Å². The van der Waals surface area contributed by atoms with Gasteiger partial charge in [-0.25, -0.2) is 0 Å². The molecule has 17 heavy (non-hydrogen) atoms. The van der Waals surface area contributed by atoms with Crippen molar-refractivity contribution in [1.29, 1.82) is 0 Å². The molecule has 3 nitrogen and oxygen atoms in total. The van der Waals surface area contributed by atoms with Gasteiger partial charge in [-0.15, -0.1) is 0 Å². The number of carbonyl (C=O) groups excluding carboxylic acids is 2. The van der Waals surface area contributed by atoms with Crippen molar-refractivity contribution in [3.63, 3.8) is 0 Å². The third-order valence-corrected chi connectivity index (χ3v) is 3.30. The molecule has 2 amide bonds. The summed E-state index contributed by atoms with van der Waals surface area (Å²) >= 11 is 3.37. The Morgan fingerprint density at radius 1 is 1.29 bits per heavy atom. The second-order valence-corrected chi connectivity index (χ2v) is 4.79. The van der Waals surface area contributed by atoms with Crippen LogP contribution >= 0.6 is 15.9 Å². The van der Waals surface area contributed by atoms with Crippen LogP contribution in [0.1, 0.15) is 25.3 Å².